The molecule has 0 aliphatic carbocycles. The third-order valence-corrected chi connectivity index (χ3v) is 5.09. The molecular formula is C20H18ClFN4O2. The van der Waals surface area contributed by atoms with Gasteiger partial charge in [-0.3, -0.25) is 4.79 Å². The molecule has 0 atom stereocenters. The van der Waals surface area contributed by atoms with Crippen LogP contribution in [0.4, 0.5) is 15.9 Å². The van der Waals surface area contributed by atoms with Crippen LogP contribution < -0.4 is 10.2 Å². The summed E-state index contributed by atoms with van der Waals surface area (Å²) in [6.07, 6.45) is 2.99. The number of carbonyl (C=O) groups excluding carboxylic acids is 1. The van der Waals surface area contributed by atoms with Gasteiger partial charge in [0.2, 0.25) is 5.91 Å². The van der Waals surface area contributed by atoms with Crippen LogP contribution in [0.3, 0.4) is 0 Å². The molecule has 4 rings (SSSR count). The van der Waals surface area contributed by atoms with E-state index in [1.807, 2.05) is 18.2 Å². The number of furan rings is 1. The van der Waals surface area contributed by atoms with Gasteiger partial charge < -0.3 is 14.6 Å². The van der Waals surface area contributed by atoms with Gasteiger partial charge in [0.1, 0.15) is 11.5 Å². The van der Waals surface area contributed by atoms with Gasteiger partial charge in [-0.2, -0.15) is 0 Å². The number of nitrogens with one attached hydrogen (secondary N) is 1. The van der Waals surface area contributed by atoms with Crippen molar-refractivity contribution in [3.8, 4) is 11.5 Å². The van der Waals surface area contributed by atoms with Crippen LogP contribution in [0.1, 0.15) is 12.8 Å². The van der Waals surface area contributed by atoms with Gasteiger partial charge in [0.05, 0.1) is 11.3 Å². The number of hydrogen-bond donors (Lipinski definition) is 1. The summed E-state index contributed by atoms with van der Waals surface area (Å²) in [5.41, 5.74) is 1.18. The van der Waals surface area contributed by atoms with Gasteiger partial charge in [-0.05, 0) is 55.3 Å². The maximum Gasteiger partial charge on any atom is 0.227 e. The monoisotopic (exact) mass is 400 g/mol. The fraction of sp³-hybridized carbons (Fsp3) is 0.250. The minimum Gasteiger partial charge on any atom is -0.463 e. The number of amides is 1. The van der Waals surface area contributed by atoms with Crippen molar-refractivity contribution in [3.05, 3.63) is 59.6 Å². The molecule has 28 heavy (non-hydrogen) atoms. The van der Waals surface area contributed by atoms with Crippen LogP contribution in [0, 0.1) is 11.7 Å². The summed E-state index contributed by atoms with van der Waals surface area (Å²) in [4.78, 5) is 14.6. The zero-order chi connectivity index (χ0) is 19.5. The Morgan fingerprint density at radius 3 is 2.64 bits per heavy atom. The van der Waals surface area contributed by atoms with Crippen molar-refractivity contribution in [1.82, 2.24) is 10.2 Å². The zero-order valence-corrected chi connectivity index (χ0v) is 15.7. The average Bonchev–Trinajstić information content (AvgIpc) is 3.26. The zero-order valence-electron chi connectivity index (χ0n) is 14.9. The molecule has 0 spiro atoms. The summed E-state index contributed by atoms with van der Waals surface area (Å²) in [5, 5.41) is 11.3. The maximum absolute atomic E-state index is 13.2. The van der Waals surface area contributed by atoms with Crippen molar-refractivity contribution < 1.29 is 13.6 Å². The summed E-state index contributed by atoms with van der Waals surface area (Å²) >= 11 is 5.76. The quantitative estimate of drug-likeness (QED) is 0.703. The average molecular weight is 401 g/mol. The molecule has 0 radical (unpaired) electrons. The largest absolute Gasteiger partial charge is 0.463 e. The van der Waals surface area contributed by atoms with Crippen LogP contribution in [0.15, 0.2) is 53.1 Å². The molecular weight excluding hydrogens is 383 g/mol. The highest BCUT2D eigenvalue weighted by atomic mass is 35.5. The molecule has 1 fully saturated rings. The lowest BCUT2D eigenvalue weighted by Gasteiger charge is -2.31. The van der Waals surface area contributed by atoms with Crippen LogP contribution in [0.25, 0.3) is 11.5 Å². The Kier molecular flexibility index (Phi) is 5.25. The van der Waals surface area contributed by atoms with Crippen LogP contribution in [-0.2, 0) is 4.79 Å². The Bertz CT molecular complexity index is 955. The standard InChI is InChI=1S/C20H18ClFN4O2/c21-15-12-14(3-4-16(15)22)23-20(27)13-7-9-26(10-8-13)19-6-5-17(24-25-19)18-2-1-11-28-18/h1-6,11-13H,7-10H2,(H,23,27). The molecule has 1 amide bonds. The first-order valence-electron chi connectivity index (χ1n) is 8.98. The van der Waals surface area contributed by atoms with E-state index in [1.54, 1.807) is 12.3 Å². The van der Waals surface area contributed by atoms with Crippen molar-refractivity contribution in [2.45, 2.75) is 12.8 Å². The molecule has 3 aromatic rings. The number of aromatic nitrogens is 2. The number of rotatable bonds is 4. The van der Waals surface area contributed by atoms with Gasteiger partial charge in [-0.25, -0.2) is 4.39 Å². The molecule has 1 N–H and O–H groups in total. The predicted molar refractivity (Wildman–Crippen MR) is 105 cm³/mol. The third kappa shape index (κ3) is 3.99. The summed E-state index contributed by atoms with van der Waals surface area (Å²) < 4.78 is 18.6. The number of halogens is 2. The lowest BCUT2D eigenvalue weighted by Crippen LogP contribution is -2.38. The highest BCUT2D eigenvalue weighted by Crippen LogP contribution is 2.25. The van der Waals surface area contributed by atoms with E-state index in [1.165, 1.54) is 18.2 Å². The molecule has 6 nitrogen and oxygen atoms in total. The van der Waals surface area contributed by atoms with Crippen LogP contribution >= 0.6 is 11.6 Å². The van der Waals surface area contributed by atoms with Gasteiger partial charge in [-0.1, -0.05) is 11.6 Å². The first-order chi connectivity index (χ1) is 13.6. The number of carbonyl (C=O) groups is 1. The Labute approximate surface area is 166 Å². The molecule has 0 saturated carbocycles. The molecule has 1 saturated heterocycles. The second kappa shape index (κ2) is 7.98. The van der Waals surface area contributed by atoms with E-state index in [9.17, 15) is 9.18 Å². The lowest BCUT2D eigenvalue weighted by molar-refractivity contribution is -0.120. The van der Waals surface area contributed by atoms with Crippen LogP contribution in [0.5, 0.6) is 0 Å². The number of benzene rings is 1. The number of nitrogens with zero attached hydrogens (tertiary/aromatic N) is 3. The number of anilines is 2. The van der Waals surface area contributed by atoms with E-state index in [2.05, 4.69) is 20.4 Å². The highest BCUT2D eigenvalue weighted by molar-refractivity contribution is 6.31. The fourth-order valence-corrected chi connectivity index (χ4v) is 3.42. The Hall–Kier alpha value is -2.93. The van der Waals surface area contributed by atoms with Crippen molar-refractivity contribution in [1.29, 1.82) is 0 Å². The Morgan fingerprint density at radius 1 is 1.18 bits per heavy atom. The highest BCUT2D eigenvalue weighted by Gasteiger charge is 2.26. The first kappa shape index (κ1) is 18.4. The van der Waals surface area contributed by atoms with Crippen molar-refractivity contribution in [2.75, 3.05) is 23.3 Å². The minimum atomic E-state index is -0.507. The van der Waals surface area contributed by atoms with E-state index in [0.29, 0.717) is 43.1 Å². The smallest absolute Gasteiger partial charge is 0.227 e. The second-order valence-electron chi connectivity index (χ2n) is 6.63. The van der Waals surface area contributed by atoms with E-state index >= 15 is 0 Å². The fourth-order valence-electron chi connectivity index (χ4n) is 3.24. The first-order valence-corrected chi connectivity index (χ1v) is 9.36. The normalized spacial score (nSPS) is 14.9. The van der Waals surface area contributed by atoms with E-state index < -0.39 is 5.82 Å². The van der Waals surface area contributed by atoms with Crippen molar-refractivity contribution >= 4 is 29.0 Å². The molecule has 2 aromatic heterocycles. The van der Waals surface area contributed by atoms with Crippen LogP contribution in [0.2, 0.25) is 5.02 Å². The van der Waals surface area contributed by atoms with Gasteiger partial charge in [0.25, 0.3) is 0 Å². The molecule has 8 heteroatoms. The lowest BCUT2D eigenvalue weighted by atomic mass is 9.96. The van der Waals surface area contributed by atoms with Crippen LogP contribution in [-0.4, -0.2) is 29.2 Å². The Balaban J connectivity index is 1.33. The maximum atomic E-state index is 13.2. The molecule has 144 valence electrons. The molecule has 3 heterocycles. The van der Waals surface area contributed by atoms with E-state index in [0.717, 1.165) is 5.82 Å². The van der Waals surface area contributed by atoms with Gasteiger partial charge in [0.15, 0.2) is 11.6 Å². The SMILES string of the molecule is O=C(Nc1ccc(F)c(Cl)c1)C1CCN(c2ccc(-c3ccco3)nn2)CC1. The molecule has 0 bridgehead atoms. The van der Waals surface area contributed by atoms with E-state index in [-0.39, 0.29) is 16.8 Å². The molecule has 1 aliphatic rings. The summed E-state index contributed by atoms with van der Waals surface area (Å²) in [6.45, 7) is 1.41. The molecule has 1 aliphatic heterocycles. The second-order valence-corrected chi connectivity index (χ2v) is 7.04. The van der Waals surface area contributed by atoms with Gasteiger partial charge in [-0.15, -0.1) is 10.2 Å². The third-order valence-electron chi connectivity index (χ3n) is 4.80. The number of hydrogen-bond acceptors (Lipinski definition) is 5. The molecule has 1 aromatic carbocycles. The van der Waals surface area contributed by atoms with Crippen molar-refractivity contribution in [3.63, 3.8) is 0 Å². The summed E-state index contributed by atoms with van der Waals surface area (Å²) in [7, 11) is 0. The Morgan fingerprint density at radius 2 is 2.00 bits per heavy atom. The predicted octanol–water partition coefficient (Wildman–Crippen LogP) is 4.38. The number of piperidine rings is 1. The summed E-state index contributed by atoms with van der Waals surface area (Å²) in [5.74, 6) is 0.749. The summed E-state index contributed by atoms with van der Waals surface area (Å²) in [6, 6.07) is 11.6. The van der Waals surface area contributed by atoms with Gasteiger partial charge >= 0.3 is 0 Å². The van der Waals surface area contributed by atoms with E-state index in [4.69, 9.17) is 16.0 Å². The minimum absolute atomic E-state index is 0.0100. The topological polar surface area (TPSA) is 71.3 Å². The van der Waals surface area contributed by atoms with Crippen molar-refractivity contribution in [2.24, 2.45) is 5.92 Å². The molecule has 0 unspecified atom stereocenters. The van der Waals surface area contributed by atoms with Gasteiger partial charge in [0, 0.05) is 24.7 Å².